The highest BCUT2D eigenvalue weighted by Crippen LogP contribution is 2.27. The summed E-state index contributed by atoms with van der Waals surface area (Å²) in [6, 6.07) is 4.83. The van der Waals surface area contributed by atoms with Gasteiger partial charge in [-0.05, 0) is 18.5 Å². The number of ether oxygens (including phenoxy) is 1. The van der Waals surface area contributed by atoms with Gasteiger partial charge in [-0.25, -0.2) is 0 Å². The molecule has 21 heavy (non-hydrogen) atoms. The van der Waals surface area contributed by atoms with E-state index in [-0.39, 0.29) is 17.2 Å². The van der Waals surface area contributed by atoms with Gasteiger partial charge in [0.15, 0.2) is 0 Å². The molecule has 0 aromatic heterocycles. The van der Waals surface area contributed by atoms with Crippen LogP contribution in [0.1, 0.15) is 31.2 Å². The third kappa shape index (κ3) is 8.63. The van der Waals surface area contributed by atoms with E-state index in [0.29, 0.717) is 18.2 Å². The maximum absolute atomic E-state index is 10.8. The van der Waals surface area contributed by atoms with E-state index in [9.17, 15) is 10.1 Å². The van der Waals surface area contributed by atoms with Crippen LogP contribution in [0.2, 0.25) is 6.04 Å². The van der Waals surface area contributed by atoms with Gasteiger partial charge in [-0.2, -0.15) is 0 Å². The van der Waals surface area contributed by atoms with Crippen molar-refractivity contribution in [2.45, 2.75) is 38.3 Å². The van der Waals surface area contributed by atoms with E-state index in [4.69, 9.17) is 38.0 Å². The Hall–Kier alpha value is -0.333. The summed E-state index contributed by atoms with van der Waals surface area (Å²) in [5, 5.41) is 10.8. The van der Waals surface area contributed by atoms with Crippen LogP contribution in [-0.4, -0.2) is 17.5 Å². The molecule has 0 aliphatic carbocycles. The van der Waals surface area contributed by atoms with Gasteiger partial charge in [0.05, 0.1) is 17.1 Å². The van der Waals surface area contributed by atoms with E-state index < -0.39 is 6.00 Å². The Bertz CT molecular complexity index is 455. The summed E-state index contributed by atoms with van der Waals surface area (Å²) < 4.78 is 5.48. The maximum Gasteiger partial charge on any atom is 0.341 e. The summed E-state index contributed by atoms with van der Waals surface area (Å²) in [6.07, 6.45) is 3.84. The lowest BCUT2D eigenvalue weighted by Gasteiger charge is -2.07. The molecular weight excluding hydrogens is 353 g/mol. The standard InChI is InChI=1S/C13H18Cl3NO3Si/c14-21(15,16)10-6-2-1-5-9-20-11-12-7-3-4-8-13(12)17(18)19/h3-4,7-8H,1-2,5-6,9-11H2. The molecule has 0 fully saturated rings. The van der Waals surface area contributed by atoms with E-state index in [0.717, 1.165) is 25.7 Å². The van der Waals surface area contributed by atoms with Crippen molar-refractivity contribution in [1.29, 1.82) is 0 Å². The molecule has 8 heteroatoms. The van der Waals surface area contributed by atoms with Crippen LogP contribution in [0.15, 0.2) is 24.3 Å². The van der Waals surface area contributed by atoms with Crippen LogP contribution in [-0.2, 0) is 11.3 Å². The second-order valence-electron chi connectivity index (χ2n) is 4.72. The first-order valence-electron chi connectivity index (χ1n) is 6.77. The average Bonchev–Trinajstić information content (AvgIpc) is 2.41. The quantitative estimate of drug-likeness (QED) is 0.184. The lowest BCUT2D eigenvalue weighted by molar-refractivity contribution is -0.385. The second kappa shape index (κ2) is 9.64. The maximum atomic E-state index is 10.8. The predicted octanol–water partition coefficient (Wildman–Crippen LogP) is 5.33. The van der Waals surface area contributed by atoms with Gasteiger partial charge in [-0.3, -0.25) is 10.1 Å². The Morgan fingerprint density at radius 1 is 1.10 bits per heavy atom. The summed E-state index contributed by atoms with van der Waals surface area (Å²) in [5.41, 5.74) is 0.704. The molecule has 0 heterocycles. The summed E-state index contributed by atoms with van der Waals surface area (Å²) in [5.74, 6) is 0. The van der Waals surface area contributed by atoms with E-state index >= 15 is 0 Å². The largest absolute Gasteiger partial charge is 0.377 e. The summed E-state index contributed by atoms with van der Waals surface area (Å²) >= 11 is 17.4. The summed E-state index contributed by atoms with van der Waals surface area (Å²) in [4.78, 5) is 10.4. The minimum absolute atomic E-state index is 0.102. The van der Waals surface area contributed by atoms with Gasteiger partial charge in [0.2, 0.25) is 0 Å². The number of rotatable bonds is 10. The molecule has 0 spiro atoms. The zero-order chi connectivity index (χ0) is 15.7. The van der Waals surface area contributed by atoms with Crippen LogP contribution in [0.4, 0.5) is 5.69 Å². The molecule has 0 aliphatic rings. The molecule has 0 saturated carbocycles. The van der Waals surface area contributed by atoms with Crippen molar-refractivity contribution in [1.82, 2.24) is 0 Å². The van der Waals surface area contributed by atoms with Gasteiger partial charge < -0.3 is 4.74 Å². The van der Waals surface area contributed by atoms with E-state index in [2.05, 4.69) is 0 Å². The first-order valence-corrected chi connectivity index (χ1v) is 12.0. The smallest absolute Gasteiger partial charge is 0.341 e. The normalized spacial score (nSPS) is 11.6. The fourth-order valence-corrected chi connectivity index (χ4v) is 3.73. The highest BCUT2D eigenvalue weighted by Gasteiger charge is 2.23. The molecule has 0 aliphatic heterocycles. The molecule has 0 amide bonds. The number of nitro groups is 1. The second-order valence-corrected chi connectivity index (χ2v) is 14.0. The van der Waals surface area contributed by atoms with E-state index in [1.807, 2.05) is 0 Å². The zero-order valence-electron chi connectivity index (χ0n) is 11.6. The lowest BCUT2D eigenvalue weighted by Crippen LogP contribution is -2.07. The molecule has 0 radical (unpaired) electrons. The van der Waals surface area contributed by atoms with Crippen LogP contribution in [0.3, 0.4) is 0 Å². The molecule has 0 unspecified atom stereocenters. The third-order valence-corrected chi connectivity index (χ3v) is 5.57. The zero-order valence-corrected chi connectivity index (χ0v) is 14.8. The lowest BCUT2D eigenvalue weighted by atomic mass is 10.2. The third-order valence-electron chi connectivity index (χ3n) is 2.94. The van der Waals surface area contributed by atoms with Gasteiger partial charge in [0.1, 0.15) is 0 Å². The topological polar surface area (TPSA) is 52.4 Å². The van der Waals surface area contributed by atoms with Gasteiger partial charge in [0.25, 0.3) is 5.69 Å². The summed E-state index contributed by atoms with van der Waals surface area (Å²) in [7, 11) is 0. The van der Waals surface area contributed by atoms with Crippen LogP contribution >= 0.6 is 33.2 Å². The van der Waals surface area contributed by atoms with Crippen molar-refractivity contribution in [3.05, 3.63) is 39.9 Å². The Morgan fingerprint density at radius 2 is 1.76 bits per heavy atom. The number of hydrogen-bond acceptors (Lipinski definition) is 3. The number of nitro benzene ring substituents is 1. The highest BCUT2D eigenvalue weighted by molar-refractivity contribution is 7.64. The molecule has 1 aromatic rings. The number of unbranched alkanes of at least 4 members (excludes halogenated alkanes) is 3. The molecule has 118 valence electrons. The average molecular weight is 371 g/mol. The minimum Gasteiger partial charge on any atom is -0.377 e. The van der Waals surface area contributed by atoms with Crippen molar-refractivity contribution in [2.24, 2.45) is 0 Å². The Balaban J connectivity index is 2.14. The number of para-hydroxylation sites is 1. The SMILES string of the molecule is O=[N+]([O-])c1ccccc1COCCCCCC[Si](Cl)(Cl)Cl. The predicted molar refractivity (Wildman–Crippen MR) is 89.3 cm³/mol. The molecular formula is C13H18Cl3NO3Si. The molecule has 0 saturated heterocycles. The molecule has 4 nitrogen and oxygen atoms in total. The first-order chi connectivity index (χ1) is 9.90. The van der Waals surface area contributed by atoms with Crippen LogP contribution in [0, 0.1) is 10.1 Å². The Morgan fingerprint density at radius 3 is 2.43 bits per heavy atom. The van der Waals surface area contributed by atoms with Crippen molar-refractivity contribution < 1.29 is 9.66 Å². The molecule has 1 rings (SSSR count). The molecule has 0 atom stereocenters. The van der Waals surface area contributed by atoms with Gasteiger partial charge in [-0.1, -0.05) is 31.4 Å². The number of hydrogen-bond donors (Lipinski definition) is 0. The molecule has 1 aromatic carbocycles. The number of halogens is 3. The number of benzene rings is 1. The highest BCUT2D eigenvalue weighted by atomic mass is 35.8. The summed E-state index contributed by atoms with van der Waals surface area (Å²) in [6.45, 7) is 0.843. The number of nitrogens with zero attached hydrogens (tertiary/aromatic N) is 1. The van der Waals surface area contributed by atoms with Gasteiger partial charge >= 0.3 is 6.00 Å². The van der Waals surface area contributed by atoms with Crippen LogP contribution in [0.25, 0.3) is 0 Å². The monoisotopic (exact) mass is 369 g/mol. The Kier molecular flexibility index (Phi) is 8.59. The van der Waals surface area contributed by atoms with E-state index in [1.54, 1.807) is 18.2 Å². The van der Waals surface area contributed by atoms with Gasteiger partial charge in [0, 0.05) is 12.7 Å². The van der Waals surface area contributed by atoms with E-state index in [1.165, 1.54) is 6.07 Å². The van der Waals surface area contributed by atoms with Crippen molar-refractivity contribution in [3.8, 4) is 0 Å². The molecule has 0 bridgehead atoms. The Labute approximate surface area is 139 Å². The first kappa shape index (κ1) is 18.7. The van der Waals surface area contributed by atoms with Crippen LogP contribution in [0.5, 0.6) is 0 Å². The van der Waals surface area contributed by atoms with Crippen molar-refractivity contribution in [3.63, 3.8) is 0 Å². The van der Waals surface area contributed by atoms with Crippen molar-refractivity contribution in [2.75, 3.05) is 6.61 Å². The van der Waals surface area contributed by atoms with Crippen molar-refractivity contribution >= 4 is 44.9 Å². The minimum atomic E-state index is -2.47. The van der Waals surface area contributed by atoms with Gasteiger partial charge in [-0.15, -0.1) is 33.2 Å². The fraction of sp³-hybridized carbons (Fsp3) is 0.538. The van der Waals surface area contributed by atoms with Crippen LogP contribution < -0.4 is 0 Å². The fourth-order valence-electron chi connectivity index (χ4n) is 1.88. The molecule has 0 N–H and O–H groups in total.